The second kappa shape index (κ2) is 9.20. The number of ether oxygens (including phenoxy) is 1. The number of amides is 1. The van der Waals surface area contributed by atoms with Crippen molar-refractivity contribution < 1.29 is 13.9 Å². The first-order valence-electron chi connectivity index (χ1n) is 7.48. The Morgan fingerprint density at radius 1 is 1.13 bits per heavy atom. The number of hydrogen-bond donors (Lipinski definition) is 1. The van der Waals surface area contributed by atoms with Crippen LogP contribution in [0.3, 0.4) is 0 Å². The third-order valence-corrected chi connectivity index (χ3v) is 4.21. The number of carbonyl (C=O) groups is 1. The summed E-state index contributed by atoms with van der Waals surface area (Å²) in [6.45, 7) is 2.62. The Bertz CT molecular complexity index is 614. The fraction of sp³-hybridized carbons (Fsp3) is 0.278. The summed E-state index contributed by atoms with van der Waals surface area (Å²) in [6, 6.07) is 14.0. The molecule has 1 N–H and O–H groups in total. The standard InChI is InChI=1S/C18H20FNO2S/c1-14-3-7-16(8-4-14)22-13-18(21)20-11-2-12-23-17-9-5-15(19)6-10-17/h3-10H,2,11-13H2,1H3,(H,20,21). The Balaban J connectivity index is 1.56. The topological polar surface area (TPSA) is 38.3 Å². The number of benzene rings is 2. The van der Waals surface area contributed by atoms with Gasteiger partial charge in [0.05, 0.1) is 0 Å². The lowest BCUT2D eigenvalue weighted by atomic mass is 10.2. The van der Waals surface area contributed by atoms with E-state index in [-0.39, 0.29) is 18.3 Å². The first kappa shape index (κ1) is 17.3. The predicted octanol–water partition coefficient (Wildman–Crippen LogP) is 3.81. The van der Waals surface area contributed by atoms with Gasteiger partial charge >= 0.3 is 0 Å². The van der Waals surface area contributed by atoms with Gasteiger partial charge in [0.2, 0.25) is 0 Å². The molecular weight excluding hydrogens is 313 g/mol. The summed E-state index contributed by atoms with van der Waals surface area (Å²) in [5, 5.41) is 2.82. The molecule has 2 aromatic carbocycles. The lowest BCUT2D eigenvalue weighted by Crippen LogP contribution is -2.29. The van der Waals surface area contributed by atoms with E-state index in [1.165, 1.54) is 12.1 Å². The SMILES string of the molecule is Cc1ccc(OCC(=O)NCCCSc2ccc(F)cc2)cc1. The third-order valence-electron chi connectivity index (χ3n) is 3.12. The largest absolute Gasteiger partial charge is 0.484 e. The molecule has 0 radical (unpaired) electrons. The summed E-state index contributed by atoms with van der Waals surface area (Å²) in [6.07, 6.45) is 0.846. The van der Waals surface area contributed by atoms with Gasteiger partial charge in [0.1, 0.15) is 11.6 Å². The van der Waals surface area contributed by atoms with Gasteiger partial charge in [0, 0.05) is 11.4 Å². The van der Waals surface area contributed by atoms with E-state index in [0.29, 0.717) is 12.3 Å². The molecule has 2 rings (SSSR count). The van der Waals surface area contributed by atoms with Crippen LogP contribution in [0.2, 0.25) is 0 Å². The second-order valence-corrected chi connectivity index (χ2v) is 6.28. The lowest BCUT2D eigenvalue weighted by Gasteiger charge is -2.07. The van der Waals surface area contributed by atoms with E-state index < -0.39 is 0 Å². The van der Waals surface area contributed by atoms with Crippen molar-refractivity contribution in [3.05, 3.63) is 59.9 Å². The minimum Gasteiger partial charge on any atom is -0.484 e. The van der Waals surface area contributed by atoms with Crippen molar-refractivity contribution in [3.63, 3.8) is 0 Å². The molecule has 122 valence electrons. The summed E-state index contributed by atoms with van der Waals surface area (Å²) in [7, 11) is 0. The maximum atomic E-state index is 12.8. The third kappa shape index (κ3) is 6.74. The van der Waals surface area contributed by atoms with Gasteiger partial charge in [-0.3, -0.25) is 4.79 Å². The number of nitrogens with one attached hydrogen (secondary N) is 1. The van der Waals surface area contributed by atoms with Gasteiger partial charge in [-0.2, -0.15) is 0 Å². The highest BCUT2D eigenvalue weighted by atomic mass is 32.2. The Morgan fingerprint density at radius 3 is 2.52 bits per heavy atom. The van der Waals surface area contributed by atoms with E-state index >= 15 is 0 Å². The molecule has 0 heterocycles. The molecule has 0 saturated heterocycles. The molecular formula is C18H20FNO2S. The van der Waals surface area contributed by atoms with Crippen LogP contribution < -0.4 is 10.1 Å². The van der Waals surface area contributed by atoms with Crippen LogP contribution in [0.4, 0.5) is 4.39 Å². The van der Waals surface area contributed by atoms with Gasteiger partial charge in [-0.1, -0.05) is 17.7 Å². The molecule has 0 aromatic heterocycles. The highest BCUT2D eigenvalue weighted by Crippen LogP contribution is 2.18. The maximum absolute atomic E-state index is 12.8. The molecule has 0 bridgehead atoms. The number of thioether (sulfide) groups is 1. The number of carbonyl (C=O) groups excluding carboxylic acids is 1. The molecule has 0 atom stereocenters. The maximum Gasteiger partial charge on any atom is 0.257 e. The fourth-order valence-corrected chi connectivity index (χ4v) is 2.71. The molecule has 23 heavy (non-hydrogen) atoms. The molecule has 1 amide bonds. The van der Waals surface area contributed by atoms with Gasteiger partial charge in [0.15, 0.2) is 6.61 Å². The molecule has 0 fully saturated rings. The predicted molar refractivity (Wildman–Crippen MR) is 91.4 cm³/mol. The minimum absolute atomic E-state index is 0.0220. The van der Waals surface area contributed by atoms with Crippen molar-refractivity contribution in [3.8, 4) is 5.75 Å². The van der Waals surface area contributed by atoms with Gasteiger partial charge in [-0.25, -0.2) is 4.39 Å². The minimum atomic E-state index is -0.227. The smallest absolute Gasteiger partial charge is 0.257 e. The number of halogens is 1. The molecule has 0 spiro atoms. The number of hydrogen-bond acceptors (Lipinski definition) is 3. The summed E-state index contributed by atoms with van der Waals surface area (Å²) >= 11 is 1.64. The molecule has 5 heteroatoms. The highest BCUT2D eigenvalue weighted by Gasteiger charge is 2.02. The second-order valence-electron chi connectivity index (χ2n) is 5.11. The summed E-state index contributed by atoms with van der Waals surface area (Å²) in [4.78, 5) is 12.7. The number of rotatable bonds is 8. The van der Waals surface area contributed by atoms with Crippen molar-refractivity contribution in [1.29, 1.82) is 0 Å². The van der Waals surface area contributed by atoms with Crippen molar-refractivity contribution in [2.24, 2.45) is 0 Å². The lowest BCUT2D eigenvalue weighted by molar-refractivity contribution is -0.123. The normalized spacial score (nSPS) is 10.3. The zero-order valence-corrected chi connectivity index (χ0v) is 13.9. The van der Waals surface area contributed by atoms with Crippen molar-refractivity contribution in [2.45, 2.75) is 18.2 Å². The van der Waals surface area contributed by atoms with Gasteiger partial charge < -0.3 is 10.1 Å². The van der Waals surface area contributed by atoms with Crippen molar-refractivity contribution in [2.75, 3.05) is 18.9 Å². The van der Waals surface area contributed by atoms with E-state index in [4.69, 9.17) is 4.74 Å². The van der Waals surface area contributed by atoms with Crippen molar-refractivity contribution >= 4 is 17.7 Å². The molecule has 0 unspecified atom stereocenters. The zero-order valence-electron chi connectivity index (χ0n) is 13.0. The van der Waals surface area contributed by atoms with Crippen LogP contribution in [-0.4, -0.2) is 24.8 Å². The first-order valence-corrected chi connectivity index (χ1v) is 8.46. The summed E-state index contributed by atoms with van der Waals surface area (Å²) < 4.78 is 18.2. The van der Waals surface area contributed by atoms with Crippen LogP contribution >= 0.6 is 11.8 Å². The average Bonchev–Trinajstić information content (AvgIpc) is 2.56. The van der Waals surface area contributed by atoms with Crippen LogP contribution in [-0.2, 0) is 4.79 Å². The Morgan fingerprint density at radius 2 is 1.83 bits per heavy atom. The highest BCUT2D eigenvalue weighted by molar-refractivity contribution is 7.99. The van der Waals surface area contributed by atoms with Crippen LogP contribution in [0.25, 0.3) is 0 Å². The fourth-order valence-electron chi connectivity index (χ4n) is 1.86. The van der Waals surface area contributed by atoms with Gasteiger partial charge in [-0.05, 0) is 55.5 Å². The Labute approximate surface area is 140 Å². The average molecular weight is 333 g/mol. The molecule has 2 aromatic rings. The number of aryl methyl sites for hydroxylation is 1. The molecule has 0 aliphatic heterocycles. The monoisotopic (exact) mass is 333 g/mol. The Hall–Kier alpha value is -2.01. The van der Waals surface area contributed by atoms with Crippen molar-refractivity contribution in [1.82, 2.24) is 5.32 Å². The van der Waals surface area contributed by atoms with E-state index in [2.05, 4.69) is 5.32 Å². The molecule has 0 saturated carbocycles. The summed E-state index contributed by atoms with van der Waals surface area (Å²) in [5.74, 6) is 1.20. The first-order chi connectivity index (χ1) is 11.1. The van der Waals surface area contributed by atoms with E-state index in [1.54, 1.807) is 23.9 Å². The van der Waals surface area contributed by atoms with Gasteiger partial charge in [0.25, 0.3) is 5.91 Å². The van der Waals surface area contributed by atoms with Crippen LogP contribution in [0, 0.1) is 12.7 Å². The zero-order chi connectivity index (χ0) is 16.5. The molecule has 3 nitrogen and oxygen atoms in total. The van der Waals surface area contributed by atoms with E-state index in [0.717, 1.165) is 22.6 Å². The quantitative estimate of drug-likeness (QED) is 0.590. The summed E-state index contributed by atoms with van der Waals surface area (Å²) in [5.41, 5.74) is 1.15. The van der Waals surface area contributed by atoms with Crippen LogP contribution in [0.5, 0.6) is 5.75 Å². The molecule has 0 aliphatic carbocycles. The van der Waals surface area contributed by atoms with Gasteiger partial charge in [-0.15, -0.1) is 11.8 Å². The Kier molecular flexibility index (Phi) is 6.94. The van der Waals surface area contributed by atoms with Crippen LogP contribution in [0.15, 0.2) is 53.4 Å². The molecule has 0 aliphatic rings. The van der Waals surface area contributed by atoms with E-state index in [9.17, 15) is 9.18 Å². The van der Waals surface area contributed by atoms with E-state index in [1.807, 2.05) is 31.2 Å². The van der Waals surface area contributed by atoms with Crippen LogP contribution in [0.1, 0.15) is 12.0 Å².